The van der Waals surface area contributed by atoms with E-state index in [-0.39, 0.29) is 0 Å². The molecule has 0 bridgehead atoms. The molecule has 0 fully saturated rings. The largest absolute Gasteiger partial charge is 0.493 e. The molecule has 2 atom stereocenters. The molecule has 3 N–H and O–H groups in total. The van der Waals surface area contributed by atoms with E-state index in [0.717, 1.165) is 0 Å². The maximum atomic E-state index is 11.9. The van der Waals surface area contributed by atoms with Gasteiger partial charge < -0.3 is 20.3 Å². The number of carboxylic acid groups (broad SMARTS) is 1. The number of ether oxygens (including phenoxy) is 1. The number of aliphatic carboxylic acids is 1. The number of aliphatic hydroxyl groups is 1. The summed E-state index contributed by atoms with van der Waals surface area (Å²) in [5.41, 5.74) is 0.304. The van der Waals surface area contributed by atoms with Crippen molar-refractivity contribution >= 4 is 11.9 Å². The molecule has 6 heteroatoms. The van der Waals surface area contributed by atoms with Gasteiger partial charge in [-0.1, -0.05) is 13.8 Å². The second kappa shape index (κ2) is 7.64. The molecule has 21 heavy (non-hydrogen) atoms. The number of carbonyl (C=O) groups is 2. The van der Waals surface area contributed by atoms with Crippen LogP contribution in [0.25, 0.3) is 0 Å². The molecular weight excluding hydrogens is 274 g/mol. The number of carbonyl (C=O) groups excluding carboxylic acids is 1. The average Bonchev–Trinajstić information content (AvgIpc) is 2.42. The van der Waals surface area contributed by atoms with E-state index in [0.29, 0.717) is 23.8 Å². The molecule has 0 aliphatic carbocycles. The molecule has 116 valence electrons. The van der Waals surface area contributed by atoms with Crippen LogP contribution < -0.4 is 10.1 Å². The fraction of sp³-hybridized carbons (Fsp3) is 0.467. The van der Waals surface area contributed by atoms with Gasteiger partial charge in [-0.2, -0.15) is 0 Å². The van der Waals surface area contributed by atoms with Crippen molar-refractivity contribution < 1.29 is 24.5 Å². The van der Waals surface area contributed by atoms with Gasteiger partial charge in [0.1, 0.15) is 5.75 Å². The summed E-state index contributed by atoms with van der Waals surface area (Å²) in [6.07, 6.45) is -1.18. The highest BCUT2D eigenvalue weighted by atomic mass is 16.5. The van der Waals surface area contributed by atoms with E-state index >= 15 is 0 Å². The minimum absolute atomic E-state index is 0.304. The van der Waals surface area contributed by atoms with E-state index in [4.69, 9.17) is 9.84 Å². The fourth-order valence-corrected chi connectivity index (χ4v) is 1.58. The predicted molar refractivity (Wildman–Crippen MR) is 77.3 cm³/mol. The molecule has 0 saturated heterocycles. The Labute approximate surface area is 123 Å². The molecular formula is C15H21NO5. The number of nitrogens with one attached hydrogen (secondary N) is 1. The Bertz CT molecular complexity index is 481. The van der Waals surface area contributed by atoms with Crippen LogP contribution >= 0.6 is 0 Å². The van der Waals surface area contributed by atoms with E-state index in [1.54, 1.807) is 24.3 Å². The first-order chi connectivity index (χ1) is 9.81. The highest BCUT2D eigenvalue weighted by molar-refractivity contribution is 5.96. The zero-order chi connectivity index (χ0) is 16.0. The van der Waals surface area contributed by atoms with Crippen molar-refractivity contribution in [2.75, 3.05) is 6.61 Å². The molecule has 1 rings (SSSR count). The van der Waals surface area contributed by atoms with Gasteiger partial charge in [-0.25, -0.2) is 4.79 Å². The maximum absolute atomic E-state index is 11.9. The molecule has 0 aromatic heterocycles. The highest BCUT2D eigenvalue weighted by Crippen LogP contribution is 2.13. The van der Waals surface area contributed by atoms with E-state index in [2.05, 4.69) is 5.32 Å². The first-order valence-electron chi connectivity index (χ1n) is 6.76. The van der Waals surface area contributed by atoms with Gasteiger partial charge in [-0.15, -0.1) is 0 Å². The number of rotatable bonds is 7. The van der Waals surface area contributed by atoms with E-state index in [9.17, 15) is 14.7 Å². The van der Waals surface area contributed by atoms with Gasteiger partial charge in [-0.05, 0) is 37.1 Å². The Morgan fingerprint density at radius 1 is 1.19 bits per heavy atom. The highest BCUT2D eigenvalue weighted by Gasteiger charge is 2.25. The number of carboxylic acids is 1. The molecule has 0 radical (unpaired) electrons. The van der Waals surface area contributed by atoms with Crippen molar-refractivity contribution in [2.24, 2.45) is 5.92 Å². The molecule has 6 nitrogen and oxygen atoms in total. The normalized spacial score (nSPS) is 13.6. The molecule has 0 aliphatic rings. The SMILES string of the molecule is CC(C)COc1ccc(C(=O)NC(C(=O)O)C(C)O)cc1. The Hall–Kier alpha value is -2.08. The second-order valence-corrected chi connectivity index (χ2v) is 5.26. The minimum atomic E-state index is -1.34. The Morgan fingerprint density at radius 3 is 2.19 bits per heavy atom. The summed E-state index contributed by atoms with van der Waals surface area (Å²) in [6.45, 7) is 5.95. The summed E-state index contributed by atoms with van der Waals surface area (Å²) in [5, 5.41) is 20.5. The lowest BCUT2D eigenvalue weighted by atomic mass is 10.1. The van der Waals surface area contributed by atoms with Crippen LogP contribution in [0.15, 0.2) is 24.3 Å². The van der Waals surface area contributed by atoms with E-state index < -0.39 is 24.0 Å². The smallest absolute Gasteiger partial charge is 0.328 e. The molecule has 1 aromatic rings. The topological polar surface area (TPSA) is 95.9 Å². The summed E-state index contributed by atoms with van der Waals surface area (Å²) in [7, 11) is 0. The molecule has 0 spiro atoms. The number of hydrogen-bond donors (Lipinski definition) is 3. The van der Waals surface area contributed by atoms with Crippen LogP contribution in [0.1, 0.15) is 31.1 Å². The first kappa shape index (κ1) is 17.0. The van der Waals surface area contributed by atoms with Crippen molar-refractivity contribution in [3.63, 3.8) is 0 Å². The van der Waals surface area contributed by atoms with Crippen molar-refractivity contribution in [3.8, 4) is 5.75 Å². The lowest BCUT2D eigenvalue weighted by Gasteiger charge is -2.17. The third-order valence-electron chi connectivity index (χ3n) is 2.73. The number of aliphatic hydroxyl groups excluding tert-OH is 1. The minimum Gasteiger partial charge on any atom is -0.493 e. The van der Waals surface area contributed by atoms with Gasteiger partial charge in [0.25, 0.3) is 5.91 Å². The molecule has 2 unspecified atom stereocenters. The Kier molecular flexibility index (Phi) is 6.17. The number of benzene rings is 1. The molecule has 0 aliphatic heterocycles. The van der Waals surface area contributed by atoms with Crippen LogP contribution in [0, 0.1) is 5.92 Å². The quantitative estimate of drug-likeness (QED) is 0.704. The average molecular weight is 295 g/mol. The molecule has 0 saturated carbocycles. The van der Waals surface area contributed by atoms with Gasteiger partial charge in [0.05, 0.1) is 12.7 Å². The van der Waals surface area contributed by atoms with Crippen molar-refractivity contribution in [2.45, 2.75) is 32.9 Å². The van der Waals surface area contributed by atoms with Gasteiger partial charge >= 0.3 is 5.97 Å². The first-order valence-corrected chi connectivity index (χ1v) is 6.76. The van der Waals surface area contributed by atoms with E-state index in [1.165, 1.54) is 6.92 Å². The molecule has 0 heterocycles. The van der Waals surface area contributed by atoms with Gasteiger partial charge in [0, 0.05) is 5.56 Å². The van der Waals surface area contributed by atoms with Crippen molar-refractivity contribution in [1.29, 1.82) is 0 Å². The van der Waals surface area contributed by atoms with Crippen LogP contribution in [-0.2, 0) is 4.79 Å². The van der Waals surface area contributed by atoms with Crippen LogP contribution in [-0.4, -0.2) is 40.8 Å². The molecule has 1 aromatic carbocycles. The van der Waals surface area contributed by atoms with Crippen molar-refractivity contribution in [1.82, 2.24) is 5.32 Å². The lowest BCUT2D eigenvalue weighted by Crippen LogP contribution is -2.47. The van der Waals surface area contributed by atoms with Crippen molar-refractivity contribution in [3.05, 3.63) is 29.8 Å². The van der Waals surface area contributed by atoms with Crippen LogP contribution in [0.3, 0.4) is 0 Å². The van der Waals surface area contributed by atoms with Crippen LogP contribution in [0.5, 0.6) is 5.75 Å². The summed E-state index contributed by atoms with van der Waals surface area (Å²) in [4.78, 5) is 22.8. The third kappa shape index (κ3) is 5.43. The Morgan fingerprint density at radius 2 is 1.76 bits per heavy atom. The zero-order valence-electron chi connectivity index (χ0n) is 12.4. The summed E-state index contributed by atoms with van der Waals surface area (Å²) >= 11 is 0. The molecule has 1 amide bonds. The monoisotopic (exact) mass is 295 g/mol. The fourth-order valence-electron chi connectivity index (χ4n) is 1.58. The van der Waals surface area contributed by atoms with E-state index in [1.807, 2.05) is 13.8 Å². The van der Waals surface area contributed by atoms with Gasteiger partial charge in [-0.3, -0.25) is 4.79 Å². The van der Waals surface area contributed by atoms with Crippen LogP contribution in [0.2, 0.25) is 0 Å². The standard InChI is InChI=1S/C15H21NO5/c1-9(2)8-21-12-6-4-11(5-7-12)14(18)16-13(10(3)17)15(19)20/h4-7,9-10,13,17H,8H2,1-3H3,(H,16,18)(H,19,20). The summed E-state index contributed by atoms with van der Waals surface area (Å²) in [5.74, 6) is -0.796. The third-order valence-corrected chi connectivity index (χ3v) is 2.73. The number of hydrogen-bond acceptors (Lipinski definition) is 4. The summed E-state index contributed by atoms with van der Waals surface area (Å²) < 4.78 is 5.49. The zero-order valence-corrected chi connectivity index (χ0v) is 12.4. The number of amides is 1. The lowest BCUT2D eigenvalue weighted by molar-refractivity contribution is -0.141. The van der Waals surface area contributed by atoms with Gasteiger partial charge in [0.15, 0.2) is 6.04 Å². The van der Waals surface area contributed by atoms with Gasteiger partial charge in [0.2, 0.25) is 0 Å². The predicted octanol–water partition coefficient (Wildman–Crippen LogP) is 1.29. The second-order valence-electron chi connectivity index (χ2n) is 5.26. The van der Waals surface area contributed by atoms with Crippen LogP contribution in [0.4, 0.5) is 0 Å². The Balaban J connectivity index is 2.68. The maximum Gasteiger partial charge on any atom is 0.328 e. The summed E-state index contributed by atoms with van der Waals surface area (Å²) in [6, 6.07) is 5.05.